The molecule has 9 heteroatoms. The molecule has 0 bridgehead atoms. The first-order chi connectivity index (χ1) is 14.0. The standard InChI is InChI=1S/C20H15FN2O5S/c1-11(18(24)22-14-6-7-16-17(8-14)27-10-26-16)28-20(25)15-9-29-19(23-15)12-2-4-13(21)5-3-12/h2-9,11H,10H2,1H3,(H,22,24)/t11-/m0/s1. The van der Waals surface area contributed by atoms with Gasteiger partial charge in [-0.25, -0.2) is 14.2 Å². The van der Waals surface area contributed by atoms with Crippen LogP contribution in [0.25, 0.3) is 10.6 Å². The number of carbonyl (C=O) groups is 2. The Kier molecular flexibility index (Phi) is 5.13. The Labute approximate surface area is 169 Å². The molecule has 7 nitrogen and oxygen atoms in total. The number of amides is 1. The SMILES string of the molecule is C[C@H](OC(=O)c1csc(-c2ccc(F)cc2)n1)C(=O)Nc1ccc2c(c1)OCO2. The maximum absolute atomic E-state index is 13.0. The Balaban J connectivity index is 1.37. The van der Waals surface area contributed by atoms with E-state index in [0.29, 0.717) is 27.8 Å². The minimum absolute atomic E-state index is 0.0806. The topological polar surface area (TPSA) is 86.8 Å². The van der Waals surface area contributed by atoms with E-state index in [1.54, 1.807) is 30.3 Å². The number of fused-ring (bicyclic) bond motifs is 1. The van der Waals surface area contributed by atoms with Crippen molar-refractivity contribution in [1.82, 2.24) is 4.98 Å². The zero-order valence-corrected chi connectivity index (χ0v) is 16.0. The second kappa shape index (κ2) is 7.88. The lowest BCUT2D eigenvalue weighted by atomic mass is 10.2. The molecule has 0 fully saturated rings. The van der Waals surface area contributed by atoms with Crippen molar-refractivity contribution in [2.75, 3.05) is 12.1 Å². The summed E-state index contributed by atoms with van der Waals surface area (Å²) < 4.78 is 28.7. The van der Waals surface area contributed by atoms with Crippen LogP contribution >= 0.6 is 11.3 Å². The largest absolute Gasteiger partial charge is 0.454 e. The van der Waals surface area contributed by atoms with Gasteiger partial charge in [-0.05, 0) is 43.3 Å². The van der Waals surface area contributed by atoms with E-state index in [4.69, 9.17) is 14.2 Å². The highest BCUT2D eigenvalue weighted by Crippen LogP contribution is 2.34. The third-order valence-electron chi connectivity index (χ3n) is 4.10. The molecule has 1 amide bonds. The number of anilines is 1. The van der Waals surface area contributed by atoms with Crippen LogP contribution in [0.2, 0.25) is 0 Å². The first kappa shape index (κ1) is 18.9. The highest BCUT2D eigenvalue weighted by atomic mass is 32.1. The molecule has 0 saturated carbocycles. The maximum atomic E-state index is 13.0. The summed E-state index contributed by atoms with van der Waals surface area (Å²) in [7, 11) is 0. The van der Waals surface area contributed by atoms with Crippen LogP contribution in [0.5, 0.6) is 11.5 Å². The van der Waals surface area contributed by atoms with Gasteiger partial charge in [-0.3, -0.25) is 4.79 Å². The van der Waals surface area contributed by atoms with E-state index in [9.17, 15) is 14.0 Å². The number of ether oxygens (including phenoxy) is 3. The summed E-state index contributed by atoms with van der Waals surface area (Å²) in [5, 5.41) is 4.74. The summed E-state index contributed by atoms with van der Waals surface area (Å²) in [5.74, 6) is -0.437. The number of nitrogens with zero attached hydrogens (tertiary/aromatic N) is 1. The van der Waals surface area contributed by atoms with Crippen molar-refractivity contribution in [3.05, 3.63) is 59.4 Å². The van der Waals surface area contributed by atoms with Crippen LogP contribution in [0.15, 0.2) is 47.8 Å². The number of hydrogen-bond acceptors (Lipinski definition) is 7. The second-order valence-corrected chi connectivity index (χ2v) is 7.01. The zero-order chi connectivity index (χ0) is 20.4. The van der Waals surface area contributed by atoms with Crippen LogP contribution in [0.4, 0.5) is 10.1 Å². The van der Waals surface area contributed by atoms with Gasteiger partial charge in [0.1, 0.15) is 10.8 Å². The molecular formula is C20H15FN2O5S. The third kappa shape index (κ3) is 4.19. The van der Waals surface area contributed by atoms with Gasteiger partial charge >= 0.3 is 5.97 Å². The molecule has 4 rings (SSSR count). The van der Waals surface area contributed by atoms with E-state index in [1.165, 1.54) is 35.8 Å². The lowest BCUT2D eigenvalue weighted by molar-refractivity contribution is -0.123. The maximum Gasteiger partial charge on any atom is 0.358 e. The fraction of sp³-hybridized carbons (Fsp3) is 0.150. The molecular weight excluding hydrogens is 399 g/mol. The number of esters is 1. The third-order valence-corrected chi connectivity index (χ3v) is 4.99. The van der Waals surface area contributed by atoms with Crippen molar-refractivity contribution < 1.29 is 28.2 Å². The van der Waals surface area contributed by atoms with E-state index >= 15 is 0 Å². The Morgan fingerprint density at radius 1 is 1.17 bits per heavy atom. The molecule has 148 valence electrons. The lowest BCUT2D eigenvalue weighted by Crippen LogP contribution is -2.30. The number of hydrogen-bond donors (Lipinski definition) is 1. The van der Waals surface area contributed by atoms with Crippen LogP contribution < -0.4 is 14.8 Å². The summed E-state index contributed by atoms with van der Waals surface area (Å²) >= 11 is 1.23. The van der Waals surface area contributed by atoms with Gasteiger partial charge < -0.3 is 19.5 Å². The molecule has 0 aliphatic carbocycles. The van der Waals surface area contributed by atoms with Gasteiger partial charge in [-0.15, -0.1) is 11.3 Å². The molecule has 0 unspecified atom stereocenters. The summed E-state index contributed by atoms with van der Waals surface area (Å²) in [6.07, 6.45) is -1.04. The molecule has 0 spiro atoms. The number of rotatable bonds is 5. The number of carbonyl (C=O) groups excluding carboxylic acids is 2. The summed E-state index contributed by atoms with van der Waals surface area (Å²) in [5.41, 5.74) is 1.26. The minimum atomic E-state index is -1.04. The molecule has 3 aromatic rings. The van der Waals surface area contributed by atoms with Crippen molar-refractivity contribution in [1.29, 1.82) is 0 Å². The van der Waals surface area contributed by atoms with Gasteiger partial charge in [-0.2, -0.15) is 0 Å². The fourth-order valence-corrected chi connectivity index (χ4v) is 3.38. The Bertz CT molecular complexity index is 1070. The predicted molar refractivity (Wildman–Crippen MR) is 104 cm³/mol. The number of aromatic nitrogens is 1. The highest BCUT2D eigenvalue weighted by Gasteiger charge is 2.22. The predicted octanol–water partition coefficient (Wildman–Crippen LogP) is 3.86. The van der Waals surface area contributed by atoms with Crippen molar-refractivity contribution in [3.63, 3.8) is 0 Å². The van der Waals surface area contributed by atoms with Gasteiger partial charge in [0, 0.05) is 22.7 Å². The van der Waals surface area contributed by atoms with Gasteiger partial charge in [-0.1, -0.05) is 0 Å². The fourth-order valence-electron chi connectivity index (χ4n) is 2.59. The molecule has 1 N–H and O–H groups in total. The van der Waals surface area contributed by atoms with Gasteiger partial charge in [0.15, 0.2) is 23.3 Å². The molecule has 29 heavy (non-hydrogen) atoms. The Morgan fingerprint density at radius 3 is 2.72 bits per heavy atom. The summed E-state index contributed by atoms with van der Waals surface area (Å²) in [6, 6.07) is 10.8. The van der Waals surface area contributed by atoms with Crippen LogP contribution in [0.1, 0.15) is 17.4 Å². The van der Waals surface area contributed by atoms with Crippen LogP contribution in [0, 0.1) is 5.82 Å². The second-order valence-electron chi connectivity index (χ2n) is 6.15. The zero-order valence-electron chi connectivity index (χ0n) is 15.2. The number of halogens is 1. The van der Waals surface area contributed by atoms with Gasteiger partial charge in [0.25, 0.3) is 5.91 Å². The van der Waals surface area contributed by atoms with Gasteiger partial charge in [0.2, 0.25) is 6.79 Å². The average Bonchev–Trinajstić information content (AvgIpc) is 3.37. The number of benzene rings is 2. The van der Waals surface area contributed by atoms with Crippen LogP contribution in [-0.2, 0) is 9.53 Å². The number of nitrogens with one attached hydrogen (secondary N) is 1. The normalized spacial score (nSPS) is 13.0. The first-order valence-electron chi connectivity index (χ1n) is 8.62. The molecule has 0 saturated heterocycles. The molecule has 2 aromatic carbocycles. The first-order valence-corrected chi connectivity index (χ1v) is 9.50. The van der Waals surface area contributed by atoms with Gasteiger partial charge in [0.05, 0.1) is 0 Å². The smallest absolute Gasteiger partial charge is 0.358 e. The monoisotopic (exact) mass is 414 g/mol. The molecule has 1 aromatic heterocycles. The van der Waals surface area contributed by atoms with E-state index < -0.39 is 18.0 Å². The van der Waals surface area contributed by atoms with Crippen molar-refractivity contribution in [2.24, 2.45) is 0 Å². The van der Waals surface area contributed by atoms with E-state index in [1.807, 2.05) is 0 Å². The molecule has 1 aliphatic heterocycles. The van der Waals surface area contributed by atoms with E-state index in [-0.39, 0.29) is 18.3 Å². The van der Waals surface area contributed by atoms with Crippen molar-refractivity contribution >= 4 is 28.9 Å². The summed E-state index contributed by atoms with van der Waals surface area (Å²) in [6.45, 7) is 1.60. The van der Waals surface area contributed by atoms with Crippen LogP contribution in [0.3, 0.4) is 0 Å². The highest BCUT2D eigenvalue weighted by molar-refractivity contribution is 7.13. The minimum Gasteiger partial charge on any atom is -0.454 e. The van der Waals surface area contributed by atoms with Crippen molar-refractivity contribution in [3.8, 4) is 22.1 Å². The summed E-state index contributed by atoms with van der Waals surface area (Å²) in [4.78, 5) is 28.8. The van der Waals surface area contributed by atoms with Crippen molar-refractivity contribution in [2.45, 2.75) is 13.0 Å². The Hall–Kier alpha value is -3.46. The Morgan fingerprint density at radius 2 is 1.93 bits per heavy atom. The average molecular weight is 414 g/mol. The van der Waals surface area contributed by atoms with Crippen LogP contribution in [-0.4, -0.2) is 29.8 Å². The molecule has 1 aliphatic rings. The molecule has 0 radical (unpaired) electrons. The quantitative estimate of drug-likeness (QED) is 0.638. The lowest BCUT2D eigenvalue weighted by Gasteiger charge is -2.13. The van der Waals surface area contributed by atoms with E-state index in [2.05, 4.69) is 10.3 Å². The molecule has 1 atom stereocenters. The van der Waals surface area contributed by atoms with E-state index in [0.717, 1.165) is 0 Å². The molecule has 2 heterocycles. The number of thiazole rings is 1.